The Labute approximate surface area is 187 Å². The molecule has 8 nitrogen and oxygen atoms in total. The van der Waals surface area contributed by atoms with Crippen LogP contribution in [-0.2, 0) is 9.53 Å². The van der Waals surface area contributed by atoms with E-state index >= 15 is 0 Å². The van der Waals surface area contributed by atoms with Gasteiger partial charge in [0, 0.05) is 37.8 Å². The molecule has 1 aliphatic rings. The fraction of sp³-hybridized carbons (Fsp3) is 0.333. The van der Waals surface area contributed by atoms with Gasteiger partial charge in [-0.1, -0.05) is 32.0 Å². The number of nitrogens with one attached hydrogen (secondary N) is 1. The van der Waals surface area contributed by atoms with Gasteiger partial charge >= 0.3 is 5.97 Å². The van der Waals surface area contributed by atoms with E-state index in [1.54, 1.807) is 52.3 Å². The van der Waals surface area contributed by atoms with Crippen LogP contribution in [0.4, 0.5) is 5.69 Å². The number of ether oxygens (including phenoxy) is 1. The summed E-state index contributed by atoms with van der Waals surface area (Å²) in [5.74, 6) is -1.22. The molecule has 1 saturated heterocycles. The van der Waals surface area contributed by atoms with E-state index in [0.29, 0.717) is 37.4 Å². The van der Waals surface area contributed by atoms with Gasteiger partial charge in [0.05, 0.1) is 23.8 Å². The number of amides is 3. The highest BCUT2D eigenvalue weighted by atomic mass is 16.5. The number of carbonyl (C=O) groups excluding carboxylic acids is 4. The second kappa shape index (κ2) is 10.1. The van der Waals surface area contributed by atoms with Gasteiger partial charge in [0.1, 0.15) is 0 Å². The lowest BCUT2D eigenvalue weighted by atomic mass is 10.0. The summed E-state index contributed by atoms with van der Waals surface area (Å²) < 4.78 is 4.71. The smallest absolute Gasteiger partial charge is 0.337 e. The summed E-state index contributed by atoms with van der Waals surface area (Å²) in [5, 5.41) is 2.74. The molecule has 3 amide bonds. The Bertz CT molecular complexity index is 1030. The van der Waals surface area contributed by atoms with Gasteiger partial charge in [0.2, 0.25) is 5.91 Å². The highest BCUT2D eigenvalue weighted by Crippen LogP contribution is 2.18. The van der Waals surface area contributed by atoms with Gasteiger partial charge in [-0.05, 0) is 30.3 Å². The van der Waals surface area contributed by atoms with E-state index in [-0.39, 0.29) is 28.9 Å². The molecule has 0 atom stereocenters. The molecule has 0 spiro atoms. The predicted octanol–water partition coefficient (Wildman–Crippen LogP) is 2.67. The Kier molecular flexibility index (Phi) is 7.25. The van der Waals surface area contributed by atoms with Crippen LogP contribution >= 0.6 is 0 Å². The first-order valence-corrected chi connectivity index (χ1v) is 10.5. The molecule has 0 radical (unpaired) electrons. The zero-order valence-corrected chi connectivity index (χ0v) is 18.5. The quantitative estimate of drug-likeness (QED) is 0.726. The number of hydrogen-bond donors (Lipinski definition) is 1. The third-order valence-electron chi connectivity index (χ3n) is 5.32. The summed E-state index contributed by atoms with van der Waals surface area (Å²) in [5.41, 5.74) is 1.25. The van der Waals surface area contributed by atoms with E-state index in [0.717, 1.165) is 0 Å². The molecule has 1 fully saturated rings. The number of esters is 1. The summed E-state index contributed by atoms with van der Waals surface area (Å²) >= 11 is 0. The Hall–Kier alpha value is -3.68. The van der Waals surface area contributed by atoms with Crippen molar-refractivity contribution in [3.05, 3.63) is 65.2 Å². The maximum Gasteiger partial charge on any atom is 0.337 e. The zero-order valence-electron chi connectivity index (χ0n) is 18.5. The molecule has 0 saturated carbocycles. The first-order chi connectivity index (χ1) is 15.3. The van der Waals surface area contributed by atoms with Crippen molar-refractivity contribution < 1.29 is 23.9 Å². The normalized spacial score (nSPS) is 13.6. The maximum absolute atomic E-state index is 13.2. The van der Waals surface area contributed by atoms with Gasteiger partial charge in [-0.25, -0.2) is 4.79 Å². The molecule has 0 bridgehead atoms. The van der Waals surface area contributed by atoms with E-state index in [2.05, 4.69) is 5.32 Å². The first-order valence-electron chi connectivity index (χ1n) is 10.5. The van der Waals surface area contributed by atoms with Crippen molar-refractivity contribution in [2.75, 3.05) is 38.6 Å². The van der Waals surface area contributed by atoms with Crippen LogP contribution in [0.2, 0.25) is 0 Å². The van der Waals surface area contributed by atoms with Gasteiger partial charge in [0.15, 0.2) is 0 Å². The van der Waals surface area contributed by atoms with Crippen LogP contribution in [-0.4, -0.2) is 66.8 Å². The number of anilines is 1. The summed E-state index contributed by atoms with van der Waals surface area (Å²) in [6, 6.07) is 13.0. The van der Waals surface area contributed by atoms with E-state index in [1.165, 1.54) is 13.2 Å². The molecule has 0 aromatic heterocycles. The van der Waals surface area contributed by atoms with E-state index in [9.17, 15) is 19.2 Å². The molecule has 3 rings (SSSR count). The van der Waals surface area contributed by atoms with Crippen molar-refractivity contribution in [2.24, 2.45) is 5.92 Å². The molecule has 2 aromatic rings. The van der Waals surface area contributed by atoms with Crippen molar-refractivity contribution in [1.82, 2.24) is 9.80 Å². The monoisotopic (exact) mass is 437 g/mol. The minimum atomic E-state index is -0.508. The SMILES string of the molecule is COC(=O)c1cccc(NC(=O)c2ccccc2C(=O)N2CCN(C(=O)C(C)C)CC2)c1. The summed E-state index contributed by atoms with van der Waals surface area (Å²) in [4.78, 5) is 53.4. The number of benzene rings is 2. The van der Waals surface area contributed by atoms with Gasteiger partial charge in [-0.3, -0.25) is 14.4 Å². The highest BCUT2D eigenvalue weighted by Gasteiger charge is 2.28. The average Bonchev–Trinajstić information content (AvgIpc) is 2.82. The van der Waals surface area contributed by atoms with Crippen LogP contribution in [0, 0.1) is 5.92 Å². The molecule has 0 unspecified atom stereocenters. The van der Waals surface area contributed by atoms with Gasteiger partial charge in [-0.2, -0.15) is 0 Å². The maximum atomic E-state index is 13.2. The van der Waals surface area contributed by atoms with Crippen LogP contribution in [0.25, 0.3) is 0 Å². The topological polar surface area (TPSA) is 96.0 Å². The van der Waals surface area contributed by atoms with Gasteiger partial charge < -0.3 is 19.9 Å². The molecule has 8 heteroatoms. The van der Waals surface area contributed by atoms with Crippen LogP contribution < -0.4 is 5.32 Å². The fourth-order valence-corrected chi connectivity index (χ4v) is 3.57. The number of hydrogen-bond acceptors (Lipinski definition) is 5. The number of piperazine rings is 1. The molecular formula is C24H27N3O5. The second-order valence-electron chi connectivity index (χ2n) is 7.84. The first kappa shape index (κ1) is 23.0. The molecule has 0 aliphatic carbocycles. The van der Waals surface area contributed by atoms with Crippen LogP contribution in [0.15, 0.2) is 48.5 Å². The van der Waals surface area contributed by atoms with Crippen LogP contribution in [0.5, 0.6) is 0 Å². The van der Waals surface area contributed by atoms with Crippen molar-refractivity contribution in [1.29, 1.82) is 0 Å². The third-order valence-corrected chi connectivity index (χ3v) is 5.32. The predicted molar refractivity (Wildman–Crippen MR) is 119 cm³/mol. The van der Waals surface area contributed by atoms with Crippen molar-refractivity contribution in [3.63, 3.8) is 0 Å². The molecule has 1 aliphatic heterocycles. The van der Waals surface area contributed by atoms with Gasteiger partial charge in [0.25, 0.3) is 11.8 Å². The summed E-state index contributed by atoms with van der Waals surface area (Å²) in [6.07, 6.45) is 0. The highest BCUT2D eigenvalue weighted by molar-refractivity contribution is 6.12. The lowest BCUT2D eigenvalue weighted by Gasteiger charge is -2.35. The number of carbonyl (C=O) groups is 4. The van der Waals surface area contributed by atoms with E-state index < -0.39 is 11.9 Å². The van der Waals surface area contributed by atoms with E-state index in [4.69, 9.17) is 4.74 Å². The minimum absolute atomic E-state index is 0.0751. The minimum Gasteiger partial charge on any atom is -0.465 e. The summed E-state index contributed by atoms with van der Waals surface area (Å²) in [6.45, 7) is 5.48. The number of methoxy groups -OCH3 is 1. The van der Waals surface area contributed by atoms with Crippen molar-refractivity contribution in [2.45, 2.75) is 13.8 Å². The molecular weight excluding hydrogens is 410 g/mol. The molecule has 168 valence electrons. The number of rotatable bonds is 5. The zero-order chi connectivity index (χ0) is 23.3. The summed E-state index contributed by atoms with van der Waals surface area (Å²) in [7, 11) is 1.29. The lowest BCUT2D eigenvalue weighted by molar-refractivity contribution is -0.135. The average molecular weight is 437 g/mol. The molecule has 1 heterocycles. The lowest BCUT2D eigenvalue weighted by Crippen LogP contribution is -2.51. The van der Waals surface area contributed by atoms with Crippen molar-refractivity contribution in [3.8, 4) is 0 Å². The van der Waals surface area contributed by atoms with Crippen molar-refractivity contribution >= 4 is 29.4 Å². The van der Waals surface area contributed by atoms with Crippen LogP contribution in [0.1, 0.15) is 44.9 Å². The second-order valence-corrected chi connectivity index (χ2v) is 7.84. The Morgan fingerprint density at radius 2 is 1.50 bits per heavy atom. The third kappa shape index (κ3) is 5.14. The molecule has 32 heavy (non-hydrogen) atoms. The molecule has 1 N–H and O–H groups in total. The molecule has 2 aromatic carbocycles. The Balaban J connectivity index is 1.73. The largest absolute Gasteiger partial charge is 0.465 e. The Morgan fingerprint density at radius 3 is 2.12 bits per heavy atom. The Morgan fingerprint density at radius 1 is 0.875 bits per heavy atom. The fourth-order valence-electron chi connectivity index (χ4n) is 3.57. The number of nitrogens with zero attached hydrogens (tertiary/aromatic N) is 2. The van der Waals surface area contributed by atoms with Crippen LogP contribution in [0.3, 0.4) is 0 Å². The standard InChI is InChI=1S/C24H27N3O5/c1-16(2)22(29)26-11-13-27(14-12-26)23(30)20-10-5-4-9-19(20)21(28)25-18-8-6-7-17(15-18)24(31)32-3/h4-10,15-16H,11-14H2,1-3H3,(H,25,28). The van der Waals surface area contributed by atoms with E-state index in [1.807, 2.05) is 13.8 Å². The van der Waals surface area contributed by atoms with Gasteiger partial charge in [-0.15, -0.1) is 0 Å².